The molecule has 0 spiro atoms. The van der Waals surface area contributed by atoms with Crippen molar-refractivity contribution in [1.82, 2.24) is 5.32 Å². The molecule has 1 heterocycles. The van der Waals surface area contributed by atoms with E-state index in [2.05, 4.69) is 12.2 Å². The molecule has 0 saturated carbocycles. The largest absolute Gasteiger partial charge is 0.488 e. The van der Waals surface area contributed by atoms with Crippen LogP contribution in [0.15, 0.2) is 18.2 Å². The SMILES string of the molecule is CC1CCNCC1Oc1cccc(F)c1C(N)=O. The predicted molar refractivity (Wildman–Crippen MR) is 66.0 cm³/mol. The van der Waals surface area contributed by atoms with Gasteiger partial charge in [0.2, 0.25) is 0 Å². The summed E-state index contributed by atoms with van der Waals surface area (Å²) in [6.07, 6.45) is 0.921. The monoisotopic (exact) mass is 252 g/mol. The second kappa shape index (κ2) is 5.35. The van der Waals surface area contributed by atoms with Gasteiger partial charge in [0.05, 0.1) is 0 Å². The van der Waals surface area contributed by atoms with Gasteiger partial charge in [-0.3, -0.25) is 4.79 Å². The van der Waals surface area contributed by atoms with E-state index in [-0.39, 0.29) is 17.4 Å². The first-order valence-electron chi connectivity index (χ1n) is 6.05. The molecule has 18 heavy (non-hydrogen) atoms. The molecule has 1 saturated heterocycles. The normalized spacial score (nSPS) is 23.7. The van der Waals surface area contributed by atoms with E-state index in [4.69, 9.17) is 10.5 Å². The number of hydrogen-bond donors (Lipinski definition) is 2. The molecule has 1 aliphatic rings. The summed E-state index contributed by atoms with van der Waals surface area (Å²) >= 11 is 0. The lowest BCUT2D eigenvalue weighted by molar-refractivity contribution is 0.0959. The molecule has 98 valence electrons. The van der Waals surface area contributed by atoms with Gasteiger partial charge in [-0.2, -0.15) is 0 Å². The Morgan fingerprint density at radius 1 is 1.56 bits per heavy atom. The number of rotatable bonds is 3. The van der Waals surface area contributed by atoms with Crippen molar-refractivity contribution in [2.75, 3.05) is 13.1 Å². The second-order valence-corrected chi connectivity index (χ2v) is 4.60. The van der Waals surface area contributed by atoms with Gasteiger partial charge < -0.3 is 15.8 Å². The van der Waals surface area contributed by atoms with Gasteiger partial charge in [-0.05, 0) is 31.0 Å². The van der Waals surface area contributed by atoms with Gasteiger partial charge in [0.1, 0.15) is 23.2 Å². The number of primary amides is 1. The Hall–Kier alpha value is -1.62. The average molecular weight is 252 g/mol. The van der Waals surface area contributed by atoms with Crippen LogP contribution < -0.4 is 15.8 Å². The van der Waals surface area contributed by atoms with E-state index in [9.17, 15) is 9.18 Å². The van der Waals surface area contributed by atoms with E-state index in [1.54, 1.807) is 6.07 Å². The lowest BCUT2D eigenvalue weighted by Crippen LogP contribution is -2.43. The highest BCUT2D eigenvalue weighted by molar-refractivity contribution is 5.95. The number of halogens is 1. The Kier molecular flexibility index (Phi) is 3.81. The van der Waals surface area contributed by atoms with Crippen LogP contribution in [0.3, 0.4) is 0 Å². The number of hydrogen-bond acceptors (Lipinski definition) is 3. The molecule has 1 aromatic rings. The summed E-state index contributed by atoms with van der Waals surface area (Å²) in [5.41, 5.74) is 5.01. The van der Waals surface area contributed by atoms with Crippen molar-refractivity contribution in [2.45, 2.75) is 19.4 Å². The molecule has 0 aromatic heterocycles. The molecule has 1 aromatic carbocycles. The van der Waals surface area contributed by atoms with Gasteiger partial charge in [-0.25, -0.2) is 4.39 Å². The van der Waals surface area contributed by atoms with Crippen LogP contribution in [0.1, 0.15) is 23.7 Å². The van der Waals surface area contributed by atoms with Gasteiger partial charge in [0.25, 0.3) is 5.91 Å². The van der Waals surface area contributed by atoms with Crippen LogP contribution in [0, 0.1) is 11.7 Å². The Bertz CT molecular complexity index is 451. The van der Waals surface area contributed by atoms with E-state index < -0.39 is 11.7 Å². The highest BCUT2D eigenvalue weighted by Gasteiger charge is 2.25. The number of nitrogens with two attached hydrogens (primary N) is 1. The van der Waals surface area contributed by atoms with Crippen molar-refractivity contribution >= 4 is 5.91 Å². The van der Waals surface area contributed by atoms with Crippen molar-refractivity contribution in [3.8, 4) is 5.75 Å². The molecule has 1 amide bonds. The van der Waals surface area contributed by atoms with Crippen LogP contribution in [-0.4, -0.2) is 25.1 Å². The van der Waals surface area contributed by atoms with Gasteiger partial charge >= 0.3 is 0 Å². The minimum Gasteiger partial charge on any atom is -0.488 e. The van der Waals surface area contributed by atoms with Crippen molar-refractivity contribution in [2.24, 2.45) is 11.7 Å². The maximum Gasteiger partial charge on any atom is 0.255 e. The number of nitrogens with one attached hydrogen (secondary N) is 1. The van der Waals surface area contributed by atoms with E-state index in [1.165, 1.54) is 12.1 Å². The average Bonchev–Trinajstić information content (AvgIpc) is 2.31. The van der Waals surface area contributed by atoms with E-state index in [1.807, 2.05) is 0 Å². The highest BCUT2D eigenvalue weighted by atomic mass is 19.1. The molecular weight excluding hydrogens is 235 g/mol. The van der Waals surface area contributed by atoms with Gasteiger partial charge in [-0.15, -0.1) is 0 Å². The van der Waals surface area contributed by atoms with E-state index in [0.29, 0.717) is 12.5 Å². The first kappa shape index (κ1) is 12.8. The van der Waals surface area contributed by atoms with Crippen LogP contribution in [0.4, 0.5) is 4.39 Å². The molecule has 2 rings (SSSR count). The van der Waals surface area contributed by atoms with E-state index in [0.717, 1.165) is 13.0 Å². The zero-order valence-electron chi connectivity index (χ0n) is 10.3. The fourth-order valence-corrected chi connectivity index (χ4v) is 2.12. The summed E-state index contributed by atoms with van der Waals surface area (Å²) < 4.78 is 19.3. The molecule has 3 N–H and O–H groups in total. The predicted octanol–water partition coefficient (Wildman–Crippen LogP) is 1.30. The fraction of sp³-hybridized carbons (Fsp3) is 0.462. The smallest absolute Gasteiger partial charge is 0.255 e. The van der Waals surface area contributed by atoms with Gasteiger partial charge in [-0.1, -0.05) is 13.0 Å². The summed E-state index contributed by atoms with van der Waals surface area (Å²) in [7, 11) is 0. The number of piperidine rings is 1. The maximum atomic E-state index is 13.6. The van der Waals surface area contributed by atoms with Crippen LogP contribution >= 0.6 is 0 Å². The molecule has 0 aliphatic carbocycles. The number of ether oxygens (including phenoxy) is 1. The Morgan fingerprint density at radius 2 is 2.33 bits per heavy atom. The van der Waals surface area contributed by atoms with Gasteiger partial charge in [0.15, 0.2) is 0 Å². The fourth-order valence-electron chi connectivity index (χ4n) is 2.12. The molecule has 0 bridgehead atoms. The third-order valence-corrected chi connectivity index (χ3v) is 3.26. The van der Waals surface area contributed by atoms with Gasteiger partial charge in [0, 0.05) is 6.54 Å². The molecule has 0 radical (unpaired) electrons. The standard InChI is InChI=1S/C13H17FN2O2/c1-8-5-6-16-7-11(8)18-10-4-2-3-9(14)12(10)13(15)17/h2-4,8,11,16H,5-7H2,1H3,(H2,15,17). The summed E-state index contributed by atoms with van der Waals surface area (Å²) in [5.74, 6) is -0.866. The number of carbonyl (C=O) groups excluding carboxylic acids is 1. The minimum atomic E-state index is -0.806. The van der Waals surface area contributed by atoms with E-state index >= 15 is 0 Å². The first-order valence-corrected chi connectivity index (χ1v) is 6.05. The summed E-state index contributed by atoms with van der Waals surface area (Å²) in [4.78, 5) is 11.3. The second-order valence-electron chi connectivity index (χ2n) is 4.60. The van der Waals surface area contributed by atoms with Crippen molar-refractivity contribution in [3.05, 3.63) is 29.6 Å². The molecule has 4 nitrogen and oxygen atoms in total. The summed E-state index contributed by atoms with van der Waals surface area (Å²) in [5, 5.41) is 3.21. The maximum absolute atomic E-state index is 13.6. The third kappa shape index (κ3) is 2.61. The number of carbonyl (C=O) groups is 1. The van der Waals surface area contributed by atoms with Crippen molar-refractivity contribution < 1.29 is 13.9 Å². The molecule has 2 atom stereocenters. The molecule has 5 heteroatoms. The Labute approximate surface area is 105 Å². The Balaban J connectivity index is 2.23. The lowest BCUT2D eigenvalue weighted by atomic mass is 9.97. The van der Waals surface area contributed by atoms with Crippen molar-refractivity contribution in [3.63, 3.8) is 0 Å². The third-order valence-electron chi connectivity index (χ3n) is 3.26. The zero-order valence-corrected chi connectivity index (χ0v) is 10.3. The van der Waals surface area contributed by atoms with Crippen molar-refractivity contribution in [1.29, 1.82) is 0 Å². The highest BCUT2D eigenvalue weighted by Crippen LogP contribution is 2.25. The number of amides is 1. The topological polar surface area (TPSA) is 64.3 Å². The summed E-state index contributed by atoms with van der Waals surface area (Å²) in [6, 6.07) is 4.29. The molecule has 1 fully saturated rings. The zero-order chi connectivity index (χ0) is 13.1. The molecular formula is C13H17FN2O2. The van der Waals surface area contributed by atoms with Crippen LogP contribution in [0.2, 0.25) is 0 Å². The first-order chi connectivity index (χ1) is 8.59. The molecule has 1 aliphatic heterocycles. The van der Waals surface area contributed by atoms with Crippen LogP contribution in [0.25, 0.3) is 0 Å². The van der Waals surface area contributed by atoms with Crippen LogP contribution in [0.5, 0.6) is 5.75 Å². The lowest BCUT2D eigenvalue weighted by Gasteiger charge is -2.30. The summed E-state index contributed by atoms with van der Waals surface area (Å²) in [6.45, 7) is 3.72. The minimum absolute atomic E-state index is 0.0707. The molecule has 2 unspecified atom stereocenters. The number of benzene rings is 1. The quantitative estimate of drug-likeness (QED) is 0.852. The Morgan fingerprint density at radius 3 is 3.00 bits per heavy atom. The van der Waals surface area contributed by atoms with Crippen LogP contribution in [-0.2, 0) is 0 Å².